The predicted molar refractivity (Wildman–Crippen MR) is 133 cm³/mol. The summed E-state index contributed by atoms with van der Waals surface area (Å²) in [6.07, 6.45) is -0.125. The number of carbonyl (C=O) groups is 5. The highest BCUT2D eigenvalue weighted by Gasteiger charge is 2.28. The summed E-state index contributed by atoms with van der Waals surface area (Å²) in [5.74, 6) is -1.87. The van der Waals surface area contributed by atoms with Crippen molar-refractivity contribution in [2.45, 2.75) is 72.4 Å². The zero-order valence-electron chi connectivity index (χ0n) is 21.6. The average Bonchev–Trinajstić information content (AvgIpc) is 2.74. The highest BCUT2D eigenvalue weighted by molar-refractivity contribution is 5.94. The van der Waals surface area contributed by atoms with Crippen molar-refractivity contribution >= 4 is 29.5 Å². The van der Waals surface area contributed by atoms with E-state index in [-0.39, 0.29) is 49.3 Å². The molecule has 0 bridgehead atoms. The number of hydrogen-bond donors (Lipinski definition) is 3. The van der Waals surface area contributed by atoms with Crippen molar-refractivity contribution in [2.75, 3.05) is 13.1 Å². The lowest BCUT2D eigenvalue weighted by molar-refractivity contribution is -0.132. The van der Waals surface area contributed by atoms with Gasteiger partial charge in [-0.15, -0.1) is 0 Å². The third kappa shape index (κ3) is 13.3. The van der Waals surface area contributed by atoms with E-state index < -0.39 is 29.6 Å². The minimum atomic E-state index is -0.888. The maximum atomic E-state index is 13.3. The Labute approximate surface area is 207 Å². The van der Waals surface area contributed by atoms with Crippen molar-refractivity contribution in [3.63, 3.8) is 0 Å². The molecule has 0 radical (unpaired) electrons. The third-order valence-corrected chi connectivity index (χ3v) is 4.88. The van der Waals surface area contributed by atoms with Crippen LogP contribution < -0.4 is 16.0 Å². The van der Waals surface area contributed by atoms with Gasteiger partial charge in [-0.2, -0.15) is 0 Å². The van der Waals surface area contributed by atoms with Gasteiger partial charge < -0.3 is 20.7 Å². The Bertz CT molecular complexity index is 877. The number of alkyl carbamates (subject to hydrolysis) is 1. The van der Waals surface area contributed by atoms with Crippen LogP contribution in [0.1, 0.15) is 59.9 Å². The first-order valence-corrected chi connectivity index (χ1v) is 11.9. The molecular weight excluding hydrogens is 450 g/mol. The van der Waals surface area contributed by atoms with Crippen LogP contribution in [0.4, 0.5) is 4.79 Å². The monoisotopic (exact) mass is 489 g/mol. The number of Topliss-reactive ketones (excluding diaryl/α,β-unsaturated/α-hetero) is 2. The molecule has 2 unspecified atom stereocenters. The van der Waals surface area contributed by atoms with Gasteiger partial charge in [-0.25, -0.2) is 4.79 Å². The smallest absolute Gasteiger partial charge is 0.408 e. The first-order chi connectivity index (χ1) is 16.3. The molecular formula is C26H39N3O6. The van der Waals surface area contributed by atoms with Gasteiger partial charge in [-0.3, -0.25) is 19.2 Å². The van der Waals surface area contributed by atoms with Crippen LogP contribution in [0, 0.1) is 11.8 Å². The van der Waals surface area contributed by atoms with Crippen LogP contribution in [0.25, 0.3) is 0 Å². The summed E-state index contributed by atoms with van der Waals surface area (Å²) >= 11 is 0. The first-order valence-electron chi connectivity index (χ1n) is 11.9. The van der Waals surface area contributed by atoms with E-state index in [1.165, 1.54) is 6.92 Å². The van der Waals surface area contributed by atoms with Crippen LogP contribution >= 0.6 is 0 Å². The quantitative estimate of drug-likeness (QED) is 0.390. The summed E-state index contributed by atoms with van der Waals surface area (Å²) in [6.45, 7) is 9.94. The van der Waals surface area contributed by atoms with E-state index in [1.807, 2.05) is 44.2 Å². The number of ketones is 2. The molecule has 1 aromatic rings. The van der Waals surface area contributed by atoms with Gasteiger partial charge in [0.15, 0.2) is 5.78 Å². The van der Waals surface area contributed by atoms with Crippen LogP contribution in [0.5, 0.6) is 0 Å². The Morgan fingerprint density at radius 1 is 0.943 bits per heavy atom. The number of hydrogen-bond acceptors (Lipinski definition) is 6. The normalized spacial score (nSPS) is 12.9. The van der Waals surface area contributed by atoms with Gasteiger partial charge in [-0.05, 0) is 52.0 Å². The van der Waals surface area contributed by atoms with Crippen LogP contribution in [0.3, 0.4) is 0 Å². The Hall–Kier alpha value is -3.23. The number of carbonyl (C=O) groups excluding carboxylic acids is 5. The van der Waals surface area contributed by atoms with E-state index in [9.17, 15) is 24.0 Å². The van der Waals surface area contributed by atoms with Gasteiger partial charge in [0.05, 0.1) is 12.6 Å². The van der Waals surface area contributed by atoms with Crippen molar-refractivity contribution in [3.8, 4) is 0 Å². The molecule has 3 amide bonds. The molecule has 0 saturated carbocycles. The minimum absolute atomic E-state index is 0.0841. The lowest BCUT2D eigenvalue weighted by Crippen LogP contribution is -2.48. The maximum absolute atomic E-state index is 13.3. The van der Waals surface area contributed by atoms with Crippen molar-refractivity contribution < 1.29 is 28.7 Å². The van der Waals surface area contributed by atoms with E-state index in [0.717, 1.165) is 5.56 Å². The maximum Gasteiger partial charge on any atom is 0.408 e. The molecule has 2 atom stereocenters. The Kier molecular flexibility index (Phi) is 12.1. The molecule has 9 heteroatoms. The minimum Gasteiger partial charge on any atom is -0.444 e. The fourth-order valence-electron chi connectivity index (χ4n) is 3.40. The Balaban J connectivity index is 2.93. The second kappa shape index (κ2) is 14.2. The molecule has 0 fully saturated rings. The molecule has 3 N–H and O–H groups in total. The van der Waals surface area contributed by atoms with Crippen molar-refractivity contribution in [3.05, 3.63) is 35.9 Å². The van der Waals surface area contributed by atoms with E-state index >= 15 is 0 Å². The average molecular weight is 490 g/mol. The molecule has 0 aliphatic carbocycles. The molecule has 0 heterocycles. The molecule has 0 aliphatic rings. The van der Waals surface area contributed by atoms with Gasteiger partial charge in [0.1, 0.15) is 17.9 Å². The van der Waals surface area contributed by atoms with E-state index in [1.54, 1.807) is 20.8 Å². The van der Waals surface area contributed by atoms with Crippen molar-refractivity contribution in [1.29, 1.82) is 0 Å². The third-order valence-electron chi connectivity index (χ3n) is 4.88. The molecule has 1 rings (SSSR count). The second-order valence-electron chi connectivity index (χ2n) is 10.1. The zero-order valence-corrected chi connectivity index (χ0v) is 21.6. The van der Waals surface area contributed by atoms with Crippen LogP contribution in [0.2, 0.25) is 0 Å². The first kappa shape index (κ1) is 29.8. The fourth-order valence-corrected chi connectivity index (χ4v) is 3.40. The summed E-state index contributed by atoms with van der Waals surface area (Å²) in [5, 5.41) is 7.65. The molecule has 0 saturated heterocycles. The molecule has 0 aromatic heterocycles. The topological polar surface area (TPSA) is 131 Å². The lowest BCUT2D eigenvalue weighted by atomic mass is 9.88. The van der Waals surface area contributed by atoms with Gasteiger partial charge in [0.25, 0.3) is 0 Å². The molecule has 0 aliphatic heterocycles. The number of ether oxygens (including phenoxy) is 1. The summed E-state index contributed by atoms with van der Waals surface area (Å²) in [6, 6.07) is 8.31. The number of benzene rings is 1. The largest absolute Gasteiger partial charge is 0.444 e. The van der Waals surface area contributed by atoms with E-state index in [2.05, 4.69) is 16.0 Å². The van der Waals surface area contributed by atoms with Gasteiger partial charge in [0.2, 0.25) is 11.8 Å². The second-order valence-corrected chi connectivity index (χ2v) is 10.1. The predicted octanol–water partition coefficient (Wildman–Crippen LogP) is 2.57. The molecule has 35 heavy (non-hydrogen) atoms. The van der Waals surface area contributed by atoms with Gasteiger partial charge in [0, 0.05) is 12.3 Å². The number of rotatable bonds is 13. The summed E-state index contributed by atoms with van der Waals surface area (Å²) in [5.41, 5.74) is 0.133. The molecule has 194 valence electrons. The van der Waals surface area contributed by atoms with Gasteiger partial charge >= 0.3 is 6.09 Å². The number of nitrogens with one attached hydrogen (secondary N) is 3. The lowest BCUT2D eigenvalue weighted by Gasteiger charge is -2.23. The van der Waals surface area contributed by atoms with Crippen LogP contribution in [-0.2, 0) is 30.3 Å². The standard InChI is InChI=1S/C26H39N3O6/c1-17(2)12-20(24(33)27-15-18(3)30)14-22(31)21(13-19-10-8-7-9-11-19)29-23(32)16-28-25(34)35-26(4,5)6/h7-11,17,20-21H,12-16H2,1-6H3,(H,27,33)(H,28,34)(H,29,32). The van der Waals surface area contributed by atoms with E-state index in [0.29, 0.717) is 6.42 Å². The van der Waals surface area contributed by atoms with E-state index in [4.69, 9.17) is 4.74 Å². The fraction of sp³-hybridized carbons (Fsp3) is 0.577. The highest BCUT2D eigenvalue weighted by Crippen LogP contribution is 2.18. The Morgan fingerprint density at radius 2 is 1.57 bits per heavy atom. The molecule has 1 aromatic carbocycles. The summed E-state index contributed by atoms with van der Waals surface area (Å²) in [7, 11) is 0. The highest BCUT2D eigenvalue weighted by atomic mass is 16.6. The molecule has 9 nitrogen and oxygen atoms in total. The summed E-state index contributed by atoms with van der Waals surface area (Å²) < 4.78 is 5.13. The van der Waals surface area contributed by atoms with Gasteiger partial charge in [-0.1, -0.05) is 44.2 Å². The SMILES string of the molecule is CC(=O)CNC(=O)C(CC(=O)C(Cc1ccccc1)NC(=O)CNC(=O)OC(C)(C)C)CC(C)C. The molecule has 0 spiro atoms. The van der Waals surface area contributed by atoms with Crippen LogP contribution in [-0.4, -0.2) is 54.2 Å². The zero-order chi connectivity index (χ0) is 26.6. The van der Waals surface area contributed by atoms with Crippen molar-refractivity contribution in [1.82, 2.24) is 16.0 Å². The Morgan fingerprint density at radius 3 is 2.11 bits per heavy atom. The summed E-state index contributed by atoms with van der Waals surface area (Å²) in [4.78, 5) is 61.6. The number of amides is 3. The van der Waals surface area contributed by atoms with Crippen molar-refractivity contribution in [2.24, 2.45) is 11.8 Å². The van der Waals surface area contributed by atoms with Crippen LogP contribution in [0.15, 0.2) is 30.3 Å².